The molecule has 0 bridgehead atoms. The molecule has 5 heteroatoms. The summed E-state index contributed by atoms with van der Waals surface area (Å²) in [7, 11) is 0. The highest BCUT2D eigenvalue weighted by Gasteiger charge is 2.02. The summed E-state index contributed by atoms with van der Waals surface area (Å²) in [4.78, 5) is 4.12. The second-order valence-electron chi connectivity index (χ2n) is 3.01. The van der Waals surface area contributed by atoms with Crippen LogP contribution in [0.3, 0.4) is 0 Å². The van der Waals surface area contributed by atoms with Crippen LogP contribution in [0.1, 0.15) is 6.92 Å². The molecule has 1 atom stereocenters. The Morgan fingerprint density at radius 1 is 1.77 bits per heavy atom. The van der Waals surface area contributed by atoms with Gasteiger partial charge in [0.1, 0.15) is 5.00 Å². The van der Waals surface area contributed by atoms with E-state index in [2.05, 4.69) is 23.5 Å². The Hall–Kier alpha value is -0.420. The molecule has 1 rings (SSSR count). The van der Waals surface area contributed by atoms with E-state index in [4.69, 9.17) is 5.73 Å². The van der Waals surface area contributed by atoms with Crippen LogP contribution < -0.4 is 11.1 Å². The van der Waals surface area contributed by atoms with Gasteiger partial charge in [0.05, 0.1) is 6.20 Å². The summed E-state index contributed by atoms with van der Waals surface area (Å²) in [5.41, 5.74) is 5.56. The van der Waals surface area contributed by atoms with Gasteiger partial charge < -0.3 is 11.1 Å². The van der Waals surface area contributed by atoms with Crippen LogP contribution in [0.15, 0.2) is 6.20 Å². The van der Waals surface area contributed by atoms with Gasteiger partial charge in [-0.25, -0.2) is 4.98 Å². The number of hydrogen-bond donors (Lipinski definition) is 2. The molecule has 0 aromatic carbocycles. The lowest BCUT2D eigenvalue weighted by Crippen LogP contribution is -2.12. The van der Waals surface area contributed by atoms with E-state index in [-0.39, 0.29) is 0 Å². The molecule has 74 valence electrons. The quantitative estimate of drug-likeness (QED) is 0.793. The largest absolute Gasteiger partial charge is 0.389 e. The molecule has 0 fully saturated rings. The van der Waals surface area contributed by atoms with Gasteiger partial charge in [-0.2, -0.15) is 11.8 Å². The van der Waals surface area contributed by atoms with Crippen molar-refractivity contribution in [2.45, 2.75) is 6.92 Å². The molecule has 0 aliphatic carbocycles. The van der Waals surface area contributed by atoms with Gasteiger partial charge >= 0.3 is 0 Å². The van der Waals surface area contributed by atoms with Gasteiger partial charge in [0, 0.05) is 6.54 Å². The Morgan fingerprint density at radius 2 is 2.54 bits per heavy atom. The van der Waals surface area contributed by atoms with Crippen molar-refractivity contribution >= 4 is 33.2 Å². The smallest absolute Gasteiger partial charge is 0.184 e. The van der Waals surface area contributed by atoms with E-state index in [0.717, 1.165) is 16.7 Å². The molecule has 1 aromatic heterocycles. The van der Waals surface area contributed by atoms with Crippen LogP contribution in [0.5, 0.6) is 0 Å². The monoisotopic (exact) mass is 217 g/mol. The van der Waals surface area contributed by atoms with Crippen LogP contribution in [0, 0.1) is 5.92 Å². The van der Waals surface area contributed by atoms with Crippen molar-refractivity contribution < 1.29 is 0 Å². The first-order valence-corrected chi connectivity index (χ1v) is 6.37. The van der Waals surface area contributed by atoms with Crippen LogP contribution >= 0.6 is 23.1 Å². The predicted octanol–water partition coefficient (Wildman–Crippen LogP) is 2.14. The normalized spacial score (nSPS) is 12.8. The second-order valence-corrected chi connectivity index (χ2v) is 4.98. The molecule has 0 aliphatic heterocycles. The number of nitrogens with two attached hydrogens (primary N) is 1. The van der Waals surface area contributed by atoms with E-state index in [1.807, 2.05) is 11.8 Å². The van der Waals surface area contributed by atoms with Gasteiger partial charge in [0.2, 0.25) is 0 Å². The molecular weight excluding hydrogens is 202 g/mol. The molecule has 1 unspecified atom stereocenters. The van der Waals surface area contributed by atoms with Crippen LogP contribution in [-0.2, 0) is 0 Å². The molecule has 0 saturated carbocycles. The first kappa shape index (κ1) is 10.7. The molecule has 3 N–H and O–H groups in total. The summed E-state index contributed by atoms with van der Waals surface area (Å²) < 4.78 is 0. The van der Waals surface area contributed by atoms with E-state index >= 15 is 0 Å². The topological polar surface area (TPSA) is 50.9 Å². The van der Waals surface area contributed by atoms with Gasteiger partial charge in [0.15, 0.2) is 5.13 Å². The molecule has 1 aromatic rings. The number of thiazole rings is 1. The zero-order valence-corrected chi connectivity index (χ0v) is 9.54. The van der Waals surface area contributed by atoms with E-state index in [1.165, 1.54) is 17.1 Å². The van der Waals surface area contributed by atoms with Gasteiger partial charge in [-0.05, 0) is 17.9 Å². The van der Waals surface area contributed by atoms with Gasteiger partial charge in [0.25, 0.3) is 0 Å². The Labute approximate surface area is 87.1 Å². The minimum Gasteiger partial charge on any atom is -0.389 e. The summed E-state index contributed by atoms with van der Waals surface area (Å²) in [6.45, 7) is 3.19. The lowest BCUT2D eigenvalue weighted by atomic mass is 10.2. The van der Waals surface area contributed by atoms with Crippen LogP contribution in [0.2, 0.25) is 0 Å². The summed E-state index contributed by atoms with van der Waals surface area (Å²) in [5.74, 6) is 1.84. The Morgan fingerprint density at radius 3 is 3.08 bits per heavy atom. The number of nitrogens with zero attached hydrogens (tertiary/aromatic N) is 1. The maximum absolute atomic E-state index is 5.56. The lowest BCUT2D eigenvalue weighted by molar-refractivity contribution is 0.701. The third kappa shape index (κ3) is 3.87. The van der Waals surface area contributed by atoms with E-state index in [1.54, 1.807) is 6.20 Å². The SMILES string of the molecule is CSCC(C)CNc1ncc(N)s1. The van der Waals surface area contributed by atoms with Crippen molar-refractivity contribution in [1.29, 1.82) is 0 Å². The van der Waals surface area contributed by atoms with Crippen LogP contribution in [0.4, 0.5) is 10.1 Å². The number of nitrogen functional groups attached to an aromatic ring is 1. The van der Waals surface area contributed by atoms with Crippen molar-refractivity contribution in [2.24, 2.45) is 5.92 Å². The van der Waals surface area contributed by atoms with Crippen molar-refractivity contribution in [1.82, 2.24) is 4.98 Å². The van der Waals surface area contributed by atoms with Crippen molar-refractivity contribution in [2.75, 3.05) is 29.6 Å². The van der Waals surface area contributed by atoms with E-state index in [9.17, 15) is 0 Å². The van der Waals surface area contributed by atoms with Gasteiger partial charge in [-0.3, -0.25) is 0 Å². The first-order chi connectivity index (χ1) is 6.22. The fourth-order valence-electron chi connectivity index (χ4n) is 0.973. The summed E-state index contributed by atoms with van der Waals surface area (Å²) in [5, 5.41) is 4.95. The number of aromatic nitrogens is 1. The standard InChI is InChI=1S/C8H15N3S2/c1-6(5-12-2)3-10-8-11-4-7(9)13-8/h4,6H,3,5,9H2,1-2H3,(H,10,11). The fourth-order valence-corrected chi connectivity index (χ4v) is 2.25. The highest BCUT2D eigenvalue weighted by atomic mass is 32.2. The Bertz CT molecular complexity index is 249. The predicted molar refractivity (Wildman–Crippen MR) is 62.6 cm³/mol. The minimum atomic E-state index is 0.667. The maximum Gasteiger partial charge on any atom is 0.184 e. The van der Waals surface area contributed by atoms with Crippen molar-refractivity contribution in [3.8, 4) is 0 Å². The van der Waals surface area contributed by atoms with Crippen LogP contribution in [-0.4, -0.2) is 23.5 Å². The zero-order valence-electron chi connectivity index (χ0n) is 7.91. The minimum absolute atomic E-state index is 0.667. The van der Waals surface area contributed by atoms with Crippen LogP contribution in [0.25, 0.3) is 0 Å². The first-order valence-electron chi connectivity index (χ1n) is 4.16. The molecule has 3 nitrogen and oxygen atoms in total. The Kier molecular flexibility index (Phi) is 4.38. The second kappa shape index (κ2) is 5.34. The number of hydrogen-bond acceptors (Lipinski definition) is 5. The van der Waals surface area contributed by atoms with E-state index in [0.29, 0.717) is 5.92 Å². The number of nitrogens with one attached hydrogen (secondary N) is 1. The highest BCUT2D eigenvalue weighted by molar-refractivity contribution is 7.98. The van der Waals surface area contributed by atoms with E-state index < -0.39 is 0 Å². The number of thioether (sulfide) groups is 1. The molecule has 1 heterocycles. The average Bonchev–Trinajstić information content (AvgIpc) is 2.49. The molecule has 13 heavy (non-hydrogen) atoms. The number of rotatable bonds is 5. The molecule has 0 saturated heterocycles. The molecule has 0 aliphatic rings. The van der Waals surface area contributed by atoms with Crippen molar-refractivity contribution in [3.05, 3.63) is 6.20 Å². The summed E-state index contributed by atoms with van der Waals surface area (Å²) in [6, 6.07) is 0. The molecular formula is C8H15N3S2. The Balaban J connectivity index is 2.26. The average molecular weight is 217 g/mol. The number of anilines is 2. The van der Waals surface area contributed by atoms with Crippen molar-refractivity contribution in [3.63, 3.8) is 0 Å². The molecule has 0 spiro atoms. The third-order valence-electron chi connectivity index (χ3n) is 1.58. The molecule has 0 amide bonds. The lowest BCUT2D eigenvalue weighted by Gasteiger charge is -2.09. The fraction of sp³-hybridized carbons (Fsp3) is 0.625. The summed E-state index contributed by atoms with van der Waals surface area (Å²) >= 11 is 3.36. The highest BCUT2D eigenvalue weighted by Crippen LogP contribution is 2.19. The maximum atomic E-state index is 5.56. The third-order valence-corrected chi connectivity index (χ3v) is 3.26. The zero-order chi connectivity index (χ0) is 9.68. The summed E-state index contributed by atoms with van der Waals surface area (Å²) in [6.07, 6.45) is 3.81. The van der Waals surface area contributed by atoms with Gasteiger partial charge in [-0.1, -0.05) is 18.3 Å². The van der Waals surface area contributed by atoms with Gasteiger partial charge in [-0.15, -0.1) is 0 Å². The molecule has 0 radical (unpaired) electrons.